The Hall–Kier alpha value is -1.98. The minimum atomic E-state index is -4.41. The molecule has 0 radical (unpaired) electrons. The minimum absolute atomic E-state index is 0.309. The number of benzene rings is 1. The van der Waals surface area contributed by atoms with Crippen LogP contribution in [-0.4, -0.2) is 16.9 Å². The van der Waals surface area contributed by atoms with E-state index in [-0.39, 0.29) is 0 Å². The van der Waals surface area contributed by atoms with E-state index in [4.69, 9.17) is 4.74 Å². The Labute approximate surface area is 115 Å². The van der Waals surface area contributed by atoms with Crippen LogP contribution in [0.5, 0.6) is 5.75 Å². The van der Waals surface area contributed by atoms with Gasteiger partial charge in [0, 0.05) is 5.69 Å². The van der Waals surface area contributed by atoms with Crippen LogP contribution in [0.25, 0.3) is 0 Å². The quantitative estimate of drug-likeness (QED) is 0.859. The summed E-state index contributed by atoms with van der Waals surface area (Å²) in [5, 5.41) is 3.65. The van der Waals surface area contributed by atoms with Crippen LogP contribution in [0, 0.1) is 0 Å². The van der Waals surface area contributed by atoms with E-state index in [0.29, 0.717) is 24.4 Å². The molecule has 2 rings (SSSR count). The van der Waals surface area contributed by atoms with Crippen LogP contribution in [0.1, 0.15) is 23.9 Å². The van der Waals surface area contributed by atoms with Gasteiger partial charge in [0.1, 0.15) is 5.75 Å². The second kappa shape index (κ2) is 5.56. The Bertz CT molecular complexity index is 573. The van der Waals surface area contributed by atoms with E-state index in [1.165, 1.54) is 4.68 Å². The van der Waals surface area contributed by atoms with Gasteiger partial charge < -0.3 is 4.74 Å². The van der Waals surface area contributed by atoms with E-state index in [0.717, 1.165) is 11.6 Å². The van der Waals surface area contributed by atoms with Crippen LogP contribution in [0.4, 0.5) is 13.2 Å². The lowest BCUT2D eigenvalue weighted by molar-refractivity contribution is -0.141. The Morgan fingerprint density at radius 3 is 2.35 bits per heavy atom. The standard InChI is InChI=1S/C14H15F3N2O/c1-3-11-8-13(14(15,16)17)18-19(11)9-10-4-6-12(20-2)7-5-10/h4-8H,3,9H2,1-2H3. The van der Waals surface area contributed by atoms with Gasteiger partial charge in [-0.3, -0.25) is 4.68 Å². The number of aryl methyl sites for hydroxylation is 1. The summed E-state index contributed by atoms with van der Waals surface area (Å²) in [6.07, 6.45) is -3.91. The highest BCUT2D eigenvalue weighted by atomic mass is 19.4. The molecular formula is C14H15F3N2O. The number of rotatable bonds is 4. The van der Waals surface area contributed by atoms with Crippen molar-refractivity contribution < 1.29 is 17.9 Å². The van der Waals surface area contributed by atoms with Crippen LogP contribution >= 0.6 is 0 Å². The first-order chi connectivity index (χ1) is 9.44. The minimum Gasteiger partial charge on any atom is -0.497 e. The van der Waals surface area contributed by atoms with E-state index >= 15 is 0 Å². The molecular weight excluding hydrogens is 269 g/mol. The lowest BCUT2D eigenvalue weighted by Crippen LogP contribution is -2.09. The number of ether oxygens (including phenoxy) is 1. The van der Waals surface area contributed by atoms with Gasteiger partial charge in [0.05, 0.1) is 13.7 Å². The number of hydrogen-bond donors (Lipinski definition) is 0. The first kappa shape index (κ1) is 14.4. The Morgan fingerprint density at radius 1 is 1.20 bits per heavy atom. The molecule has 0 aliphatic rings. The van der Waals surface area contributed by atoms with Crippen molar-refractivity contribution in [3.63, 3.8) is 0 Å². The van der Waals surface area contributed by atoms with Crippen LogP contribution in [0.15, 0.2) is 30.3 Å². The van der Waals surface area contributed by atoms with Crippen LogP contribution < -0.4 is 4.74 Å². The number of aromatic nitrogens is 2. The molecule has 0 saturated carbocycles. The molecule has 1 aromatic carbocycles. The van der Waals surface area contributed by atoms with Crippen molar-refractivity contribution in [2.75, 3.05) is 7.11 Å². The van der Waals surface area contributed by atoms with Gasteiger partial charge in [-0.05, 0) is 30.2 Å². The van der Waals surface area contributed by atoms with E-state index < -0.39 is 11.9 Å². The zero-order chi connectivity index (χ0) is 14.8. The maximum atomic E-state index is 12.7. The molecule has 0 amide bonds. The van der Waals surface area contributed by atoms with Gasteiger partial charge in [0.25, 0.3) is 0 Å². The average molecular weight is 284 g/mol. The molecule has 0 aliphatic carbocycles. The highest BCUT2D eigenvalue weighted by molar-refractivity contribution is 5.27. The molecule has 1 heterocycles. The second-order valence-corrected chi connectivity index (χ2v) is 4.38. The number of alkyl halides is 3. The van der Waals surface area contributed by atoms with Crippen LogP contribution in [0.3, 0.4) is 0 Å². The fourth-order valence-electron chi connectivity index (χ4n) is 1.92. The molecule has 0 bridgehead atoms. The summed E-state index contributed by atoms with van der Waals surface area (Å²) in [6, 6.07) is 8.27. The summed E-state index contributed by atoms with van der Waals surface area (Å²) < 4.78 is 44.4. The third-order valence-corrected chi connectivity index (χ3v) is 3.01. The monoisotopic (exact) mass is 284 g/mol. The molecule has 0 spiro atoms. The predicted molar refractivity (Wildman–Crippen MR) is 68.7 cm³/mol. The first-order valence-corrected chi connectivity index (χ1v) is 6.21. The van der Waals surface area contributed by atoms with Crippen molar-refractivity contribution in [3.05, 3.63) is 47.3 Å². The summed E-state index contributed by atoms with van der Waals surface area (Å²) in [5.74, 6) is 0.709. The summed E-state index contributed by atoms with van der Waals surface area (Å²) >= 11 is 0. The van der Waals surface area contributed by atoms with Crippen molar-refractivity contribution >= 4 is 0 Å². The van der Waals surface area contributed by atoms with Gasteiger partial charge in [-0.1, -0.05) is 19.1 Å². The normalized spacial score (nSPS) is 11.7. The Morgan fingerprint density at radius 2 is 1.85 bits per heavy atom. The van der Waals surface area contributed by atoms with Gasteiger partial charge in [-0.15, -0.1) is 0 Å². The summed E-state index contributed by atoms with van der Waals surface area (Å²) in [6.45, 7) is 2.12. The van der Waals surface area contributed by atoms with Crippen LogP contribution in [-0.2, 0) is 19.1 Å². The molecule has 0 saturated heterocycles. The number of halogens is 3. The van der Waals surface area contributed by atoms with Gasteiger partial charge in [0.2, 0.25) is 0 Å². The maximum Gasteiger partial charge on any atom is 0.435 e. The fraction of sp³-hybridized carbons (Fsp3) is 0.357. The molecule has 20 heavy (non-hydrogen) atoms. The van der Waals surface area contributed by atoms with E-state index in [1.54, 1.807) is 19.2 Å². The third-order valence-electron chi connectivity index (χ3n) is 3.01. The van der Waals surface area contributed by atoms with Crippen molar-refractivity contribution in [1.29, 1.82) is 0 Å². The molecule has 1 aromatic heterocycles. The topological polar surface area (TPSA) is 27.1 Å². The second-order valence-electron chi connectivity index (χ2n) is 4.38. The third kappa shape index (κ3) is 3.12. The molecule has 2 aromatic rings. The van der Waals surface area contributed by atoms with Gasteiger partial charge >= 0.3 is 6.18 Å². The van der Waals surface area contributed by atoms with Gasteiger partial charge in [0.15, 0.2) is 5.69 Å². The molecule has 0 N–H and O–H groups in total. The molecule has 0 fully saturated rings. The Balaban J connectivity index is 2.25. The predicted octanol–water partition coefficient (Wildman–Crippen LogP) is 3.52. The van der Waals surface area contributed by atoms with Gasteiger partial charge in [-0.25, -0.2) is 0 Å². The fourth-order valence-corrected chi connectivity index (χ4v) is 1.92. The Kier molecular flexibility index (Phi) is 4.01. The SMILES string of the molecule is CCc1cc(C(F)(F)F)nn1Cc1ccc(OC)cc1. The number of methoxy groups -OCH3 is 1. The molecule has 108 valence electrons. The van der Waals surface area contributed by atoms with Crippen molar-refractivity contribution in [3.8, 4) is 5.75 Å². The lowest BCUT2D eigenvalue weighted by Gasteiger charge is -2.07. The molecule has 0 atom stereocenters. The zero-order valence-corrected chi connectivity index (χ0v) is 11.2. The summed E-state index contributed by atoms with van der Waals surface area (Å²) in [4.78, 5) is 0. The summed E-state index contributed by atoms with van der Waals surface area (Å²) in [5.41, 5.74) is 0.591. The molecule has 0 unspecified atom stereocenters. The van der Waals surface area contributed by atoms with Gasteiger partial charge in [-0.2, -0.15) is 18.3 Å². The summed E-state index contributed by atoms with van der Waals surface area (Å²) in [7, 11) is 1.56. The highest BCUT2D eigenvalue weighted by Crippen LogP contribution is 2.29. The molecule has 3 nitrogen and oxygen atoms in total. The highest BCUT2D eigenvalue weighted by Gasteiger charge is 2.34. The molecule has 0 aliphatic heterocycles. The van der Waals surface area contributed by atoms with Crippen molar-refractivity contribution in [2.45, 2.75) is 26.1 Å². The first-order valence-electron chi connectivity index (χ1n) is 6.21. The number of nitrogens with zero attached hydrogens (tertiary/aromatic N) is 2. The van der Waals surface area contributed by atoms with E-state index in [9.17, 15) is 13.2 Å². The largest absolute Gasteiger partial charge is 0.497 e. The van der Waals surface area contributed by atoms with Crippen molar-refractivity contribution in [1.82, 2.24) is 9.78 Å². The van der Waals surface area contributed by atoms with Crippen molar-refractivity contribution in [2.24, 2.45) is 0 Å². The maximum absolute atomic E-state index is 12.7. The van der Waals surface area contributed by atoms with E-state index in [1.807, 2.05) is 19.1 Å². The van der Waals surface area contributed by atoms with Crippen LogP contribution in [0.2, 0.25) is 0 Å². The molecule has 6 heteroatoms. The lowest BCUT2D eigenvalue weighted by atomic mass is 10.2. The average Bonchev–Trinajstić information content (AvgIpc) is 2.82. The van der Waals surface area contributed by atoms with E-state index in [2.05, 4.69) is 5.10 Å². The number of hydrogen-bond acceptors (Lipinski definition) is 2. The zero-order valence-electron chi connectivity index (χ0n) is 11.2. The smallest absolute Gasteiger partial charge is 0.435 e.